The molecule has 2 aliphatic rings. The molecule has 24 heavy (non-hydrogen) atoms. The second-order valence-electron chi connectivity index (χ2n) is 8.51. The van der Waals surface area contributed by atoms with E-state index in [1.165, 1.54) is 0 Å². The molecule has 0 aromatic rings. The van der Waals surface area contributed by atoms with Crippen LogP contribution >= 0.6 is 0 Å². The van der Waals surface area contributed by atoms with Crippen molar-refractivity contribution in [1.82, 2.24) is 0 Å². The van der Waals surface area contributed by atoms with Gasteiger partial charge in [-0.25, -0.2) is 0 Å². The first-order chi connectivity index (χ1) is 11.1. The van der Waals surface area contributed by atoms with Gasteiger partial charge in [0.15, 0.2) is 6.10 Å². The molecular formula is C18H32O6. The quantitative estimate of drug-likeness (QED) is 0.402. The largest absolute Gasteiger partial charge is 0.457 e. The molecule has 4 atom stereocenters. The summed E-state index contributed by atoms with van der Waals surface area (Å²) in [4.78, 5) is 12.2. The Morgan fingerprint density at radius 3 is 2.21 bits per heavy atom. The van der Waals surface area contributed by atoms with Gasteiger partial charge < -0.3 is 23.7 Å². The number of hydrogen-bond donors (Lipinski definition) is 0. The Kier molecular flexibility index (Phi) is 6.29. The summed E-state index contributed by atoms with van der Waals surface area (Å²) >= 11 is 0. The zero-order chi connectivity index (χ0) is 18.0. The summed E-state index contributed by atoms with van der Waals surface area (Å²) in [5, 5.41) is 0. The van der Waals surface area contributed by atoms with E-state index in [9.17, 15) is 4.79 Å². The molecule has 140 valence electrons. The maximum atomic E-state index is 12.2. The number of fused-ring (bicyclic) bond motifs is 1. The van der Waals surface area contributed by atoms with Crippen molar-refractivity contribution < 1.29 is 28.5 Å². The smallest absolute Gasteiger partial charge is 0.311 e. The van der Waals surface area contributed by atoms with Crippen LogP contribution in [0.5, 0.6) is 0 Å². The third kappa shape index (κ3) is 4.91. The van der Waals surface area contributed by atoms with Crippen molar-refractivity contribution in [3.63, 3.8) is 0 Å². The van der Waals surface area contributed by atoms with Crippen LogP contribution in [0, 0.1) is 10.8 Å². The van der Waals surface area contributed by atoms with Crippen molar-refractivity contribution in [1.29, 1.82) is 0 Å². The first-order valence-corrected chi connectivity index (χ1v) is 8.78. The van der Waals surface area contributed by atoms with Gasteiger partial charge in [0.2, 0.25) is 0 Å². The highest BCUT2D eigenvalue weighted by molar-refractivity contribution is 5.76. The Bertz CT molecular complexity index is 428. The van der Waals surface area contributed by atoms with E-state index in [4.69, 9.17) is 23.7 Å². The average Bonchev–Trinajstić information content (AvgIpc) is 3.06. The predicted molar refractivity (Wildman–Crippen MR) is 88.6 cm³/mol. The standard InChI is InChI=1S/C18H32O6/c1-7-18(5,6)16(19)24-13-9-22-14-12(8-21-15(13)14)23-11-20-10-17(2,3)4/h12-15H,7-11H2,1-6H3/t12-,13+,14-,15-/m1/s1. The number of ether oxygens (including phenoxy) is 5. The summed E-state index contributed by atoms with van der Waals surface area (Å²) in [6.07, 6.45) is -0.277. The summed E-state index contributed by atoms with van der Waals surface area (Å²) in [6, 6.07) is 0. The van der Waals surface area contributed by atoms with E-state index in [0.717, 1.165) is 6.42 Å². The van der Waals surface area contributed by atoms with Crippen LogP contribution < -0.4 is 0 Å². The van der Waals surface area contributed by atoms with E-state index in [-0.39, 0.29) is 42.6 Å². The maximum absolute atomic E-state index is 12.2. The van der Waals surface area contributed by atoms with E-state index < -0.39 is 5.41 Å². The highest BCUT2D eigenvalue weighted by Crippen LogP contribution is 2.32. The van der Waals surface area contributed by atoms with Gasteiger partial charge in [-0.2, -0.15) is 0 Å². The Morgan fingerprint density at radius 1 is 1.04 bits per heavy atom. The lowest BCUT2D eigenvalue weighted by Gasteiger charge is -2.24. The SMILES string of the molecule is CCC(C)(C)C(=O)O[C@H]1CO[C@H]2[C@@H]1OC[C@H]2OCOCC(C)(C)C. The summed E-state index contributed by atoms with van der Waals surface area (Å²) in [7, 11) is 0. The van der Waals surface area contributed by atoms with Crippen molar-refractivity contribution >= 4 is 5.97 Å². The van der Waals surface area contributed by atoms with Crippen molar-refractivity contribution in [2.45, 2.75) is 72.4 Å². The third-order valence-electron chi connectivity index (χ3n) is 4.56. The van der Waals surface area contributed by atoms with Gasteiger partial charge in [0, 0.05) is 0 Å². The molecule has 0 unspecified atom stereocenters. The maximum Gasteiger partial charge on any atom is 0.311 e. The van der Waals surface area contributed by atoms with Crippen molar-refractivity contribution in [2.75, 3.05) is 26.6 Å². The minimum absolute atomic E-state index is 0.104. The molecular weight excluding hydrogens is 312 g/mol. The highest BCUT2D eigenvalue weighted by atomic mass is 16.7. The number of carbonyl (C=O) groups is 1. The van der Waals surface area contributed by atoms with Gasteiger partial charge in [-0.3, -0.25) is 4.79 Å². The summed E-state index contributed by atoms with van der Waals surface area (Å²) in [6.45, 7) is 13.7. The van der Waals surface area contributed by atoms with Crippen molar-refractivity contribution in [3.05, 3.63) is 0 Å². The minimum atomic E-state index is -0.493. The Hall–Kier alpha value is -0.690. The van der Waals surface area contributed by atoms with E-state index in [1.54, 1.807) is 0 Å². The molecule has 2 rings (SSSR count). The zero-order valence-corrected chi connectivity index (χ0v) is 15.8. The Labute approximate surface area is 145 Å². The second-order valence-corrected chi connectivity index (χ2v) is 8.51. The molecule has 2 fully saturated rings. The number of carbonyl (C=O) groups excluding carboxylic acids is 1. The van der Waals surface area contributed by atoms with E-state index in [0.29, 0.717) is 19.8 Å². The molecule has 6 heteroatoms. The molecule has 0 amide bonds. The lowest BCUT2D eigenvalue weighted by atomic mass is 9.90. The minimum Gasteiger partial charge on any atom is -0.457 e. The summed E-state index contributed by atoms with van der Waals surface area (Å²) in [5.74, 6) is -0.208. The van der Waals surface area contributed by atoms with Gasteiger partial charge >= 0.3 is 5.97 Å². The molecule has 0 saturated carbocycles. The Morgan fingerprint density at radius 2 is 1.62 bits per heavy atom. The van der Waals surface area contributed by atoms with Gasteiger partial charge in [0.25, 0.3) is 0 Å². The first-order valence-electron chi connectivity index (χ1n) is 8.78. The summed E-state index contributed by atoms with van der Waals surface area (Å²) < 4.78 is 28.4. The molecule has 2 heterocycles. The highest BCUT2D eigenvalue weighted by Gasteiger charge is 2.50. The molecule has 2 aliphatic heterocycles. The van der Waals surface area contributed by atoms with E-state index >= 15 is 0 Å². The molecule has 6 nitrogen and oxygen atoms in total. The topological polar surface area (TPSA) is 63.2 Å². The fraction of sp³-hybridized carbons (Fsp3) is 0.944. The predicted octanol–water partition coefficient (Wildman–Crippen LogP) is 2.54. The number of hydrogen-bond acceptors (Lipinski definition) is 6. The van der Waals surface area contributed by atoms with E-state index in [1.807, 2.05) is 20.8 Å². The first kappa shape index (κ1) is 19.6. The molecule has 0 N–H and O–H groups in total. The van der Waals surface area contributed by atoms with Crippen LogP contribution in [0.1, 0.15) is 48.0 Å². The summed E-state index contributed by atoms with van der Waals surface area (Å²) in [5.41, 5.74) is -0.388. The van der Waals surface area contributed by atoms with E-state index in [2.05, 4.69) is 20.8 Å². The second kappa shape index (κ2) is 7.68. The van der Waals surface area contributed by atoms with Gasteiger partial charge in [0.05, 0.1) is 25.2 Å². The van der Waals surface area contributed by atoms with Gasteiger partial charge in [-0.1, -0.05) is 27.7 Å². The lowest BCUT2D eigenvalue weighted by Crippen LogP contribution is -2.38. The van der Waals surface area contributed by atoms with Gasteiger partial charge in [0.1, 0.15) is 25.1 Å². The van der Waals surface area contributed by atoms with Gasteiger partial charge in [-0.15, -0.1) is 0 Å². The lowest BCUT2D eigenvalue weighted by molar-refractivity contribution is -0.164. The van der Waals surface area contributed by atoms with Crippen LogP contribution in [0.15, 0.2) is 0 Å². The fourth-order valence-electron chi connectivity index (χ4n) is 2.60. The van der Waals surface area contributed by atoms with Crippen LogP contribution in [0.25, 0.3) is 0 Å². The number of rotatable bonds is 7. The molecule has 2 saturated heterocycles. The average molecular weight is 344 g/mol. The van der Waals surface area contributed by atoms with Crippen LogP contribution in [-0.2, 0) is 28.5 Å². The van der Waals surface area contributed by atoms with Gasteiger partial charge in [-0.05, 0) is 25.7 Å². The van der Waals surface area contributed by atoms with Crippen LogP contribution in [0.2, 0.25) is 0 Å². The fourth-order valence-corrected chi connectivity index (χ4v) is 2.60. The Balaban J connectivity index is 1.78. The monoisotopic (exact) mass is 344 g/mol. The normalized spacial score (nSPS) is 30.4. The van der Waals surface area contributed by atoms with Crippen molar-refractivity contribution in [3.8, 4) is 0 Å². The van der Waals surface area contributed by atoms with Crippen LogP contribution in [0.4, 0.5) is 0 Å². The molecule has 0 aromatic heterocycles. The zero-order valence-electron chi connectivity index (χ0n) is 15.8. The third-order valence-corrected chi connectivity index (χ3v) is 4.56. The molecule has 0 spiro atoms. The molecule has 0 bridgehead atoms. The molecule has 0 aromatic carbocycles. The van der Waals surface area contributed by atoms with Crippen molar-refractivity contribution in [2.24, 2.45) is 10.8 Å². The van der Waals surface area contributed by atoms with Crippen LogP contribution in [0.3, 0.4) is 0 Å². The molecule has 0 radical (unpaired) electrons. The molecule has 0 aliphatic carbocycles. The number of esters is 1. The van der Waals surface area contributed by atoms with Crippen LogP contribution in [-0.4, -0.2) is 57.0 Å².